The lowest BCUT2D eigenvalue weighted by molar-refractivity contribution is -0.130. The van der Waals surface area contributed by atoms with Crippen LogP contribution in [0.2, 0.25) is 0 Å². The highest BCUT2D eigenvalue weighted by Crippen LogP contribution is 2.42. The lowest BCUT2D eigenvalue weighted by Gasteiger charge is -2.40. The van der Waals surface area contributed by atoms with E-state index in [9.17, 15) is 9.59 Å². The maximum absolute atomic E-state index is 13.6. The van der Waals surface area contributed by atoms with E-state index in [1.54, 1.807) is 0 Å². The summed E-state index contributed by atoms with van der Waals surface area (Å²) in [6, 6.07) is 9.49. The van der Waals surface area contributed by atoms with E-state index in [4.69, 9.17) is 4.74 Å². The summed E-state index contributed by atoms with van der Waals surface area (Å²) >= 11 is 1.51. The predicted octanol–water partition coefficient (Wildman–Crippen LogP) is 4.71. The van der Waals surface area contributed by atoms with Gasteiger partial charge in [0.25, 0.3) is 5.91 Å². The van der Waals surface area contributed by atoms with E-state index < -0.39 is 6.04 Å². The molecular weight excluding hydrogens is 396 g/mol. The van der Waals surface area contributed by atoms with Crippen LogP contribution in [0.3, 0.4) is 0 Å². The summed E-state index contributed by atoms with van der Waals surface area (Å²) in [5.41, 5.74) is 2.08. The summed E-state index contributed by atoms with van der Waals surface area (Å²) in [6.45, 7) is 9.51. The van der Waals surface area contributed by atoms with Crippen LogP contribution >= 0.6 is 11.3 Å². The fraction of sp³-hybridized carbons (Fsp3) is 0.500. The van der Waals surface area contributed by atoms with Crippen molar-refractivity contribution in [2.45, 2.75) is 59.2 Å². The molecule has 0 radical (unpaired) electrons. The second-order valence-electron chi connectivity index (χ2n) is 9.19. The van der Waals surface area contributed by atoms with Crippen LogP contribution in [-0.2, 0) is 11.4 Å². The molecular formula is C24H30N2O3S. The number of fused-ring (bicyclic) bond motifs is 3. The number of para-hydroxylation sites is 1. The number of amides is 2. The number of hydrogen-bond acceptors (Lipinski definition) is 4. The molecule has 30 heavy (non-hydrogen) atoms. The molecule has 2 atom stereocenters. The summed E-state index contributed by atoms with van der Waals surface area (Å²) in [4.78, 5) is 30.1. The van der Waals surface area contributed by atoms with Gasteiger partial charge in [0.2, 0.25) is 5.91 Å². The van der Waals surface area contributed by atoms with Crippen molar-refractivity contribution in [3.8, 4) is 16.2 Å². The van der Waals surface area contributed by atoms with Gasteiger partial charge in [0, 0.05) is 28.6 Å². The molecule has 1 fully saturated rings. The number of ether oxygens (including phenoxy) is 1. The minimum Gasteiger partial charge on any atom is -0.488 e. The Bertz CT molecular complexity index is 950. The van der Waals surface area contributed by atoms with E-state index in [2.05, 4.69) is 33.0 Å². The zero-order chi connectivity index (χ0) is 21.4. The van der Waals surface area contributed by atoms with Crippen molar-refractivity contribution < 1.29 is 14.3 Å². The van der Waals surface area contributed by atoms with Crippen molar-refractivity contribution in [3.05, 3.63) is 40.8 Å². The Kier molecular flexibility index (Phi) is 5.87. The summed E-state index contributed by atoms with van der Waals surface area (Å²) < 4.78 is 5.86. The van der Waals surface area contributed by atoms with Gasteiger partial charge in [0.15, 0.2) is 0 Å². The van der Waals surface area contributed by atoms with Crippen molar-refractivity contribution in [2.75, 3.05) is 6.54 Å². The van der Waals surface area contributed by atoms with E-state index in [0.29, 0.717) is 36.3 Å². The van der Waals surface area contributed by atoms with Crippen molar-refractivity contribution >= 4 is 23.2 Å². The van der Waals surface area contributed by atoms with Gasteiger partial charge >= 0.3 is 0 Å². The van der Waals surface area contributed by atoms with Gasteiger partial charge < -0.3 is 15.0 Å². The smallest absolute Gasteiger partial charge is 0.264 e. The van der Waals surface area contributed by atoms with Crippen LogP contribution in [0.5, 0.6) is 5.75 Å². The van der Waals surface area contributed by atoms with Gasteiger partial charge in [-0.15, -0.1) is 11.3 Å². The number of piperazine rings is 1. The minimum atomic E-state index is -0.413. The summed E-state index contributed by atoms with van der Waals surface area (Å²) in [5, 5.41) is 3.15. The topological polar surface area (TPSA) is 58.6 Å². The first-order chi connectivity index (χ1) is 14.3. The first-order valence-electron chi connectivity index (χ1n) is 10.8. The highest BCUT2D eigenvalue weighted by molar-refractivity contribution is 7.17. The van der Waals surface area contributed by atoms with Crippen LogP contribution in [0.1, 0.15) is 55.8 Å². The zero-order valence-corrected chi connectivity index (χ0v) is 18.9. The standard InChI is InChI=1S/C24H30N2O3S/c1-14(2)9-17-12-26(19(10-15(3)4)23(27)25-17)24(28)21-11-16-13-29-20-8-6-5-7-18(20)22(16)30-21/h5-8,11,14-15,17,19H,9-10,12-13H2,1-4H3,(H,25,27)/t17-,19-/m0/s1. The van der Waals surface area contributed by atoms with Crippen LogP contribution in [0.4, 0.5) is 0 Å². The molecule has 0 spiro atoms. The van der Waals surface area contributed by atoms with Crippen molar-refractivity contribution in [1.82, 2.24) is 10.2 Å². The van der Waals surface area contributed by atoms with E-state index >= 15 is 0 Å². The Labute approximate surface area is 182 Å². The zero-order valence-electron chi connectivity index (χ0n) is 18.1. The fourth-order valence-corrected chi connectivity index (χ4v) is 5.56. The van der Waals surface area contributed by atoms with Gasteiger partial charge in [0.05, 0.1) is 4.88 Å². The van der Waals surface area contributed by atoms with Crippen molar-refractivity contribution in [2.24, 2.45) is 11.8 Å². The molecule has 1 aromatic carbocycles. The van der Waals surface area contributed by atoms with Gasteiger partial charge in [-0.2, -0.15) is 0 Å². The molecule has 6 heteroatoms. The van der Waals surface area contributed by atoms with E-state index in [0.717, 1.165) is 28.2 Å². The molecule has 1 aromatic heterocycles. The molecule has 2 aromatic rings. The monoisotopic (exact) mass is 426 g/mol. The third-order valence-electron chi connectivity index (χ3n) is 5.69. The molecule has 1 N–H and O–H groups in total. The number of carbonyl (C=O) groups excluding carboxylic acids is 2. The molecule has 0 unspecified atom stereocenters. The lowest BCUT2D eigenvalue weighted by Crippen LogP contribution is -2.62. The second kappa shape index (κ2) is 8.42. The number of thiophene rings is 1. The average molecular weight is 427 g/mol. The predicted molar refractivity (Wildman–Crippen MR) is 120 cm³/mol. The molecule has 160 valence electrons. The number of nitrogens with one attached hydrogen (secondary N) is 1. The van der Waals surface area contributed by atoms with Gasteiger partial charge in [-0.05, 0) is 42.9 Å². The molecule has 0 saturated carbocycles. The van der Waals surface area contributed by atoms with E-state index in [-0.39, 0.29) is 17.9 Å². The maximum Gasteiger partial charge on any atom is 0.264 e. The Hall–Kier alpha value is -2.34. The molecule has 5 nitrogen and oxygen atoms in total. The second-order valence-corrected chi connectivity index (χ2v) is 10.2. The van der Waals surface area contributed by atoms with E-state index in [1.807, 2.05) is 35.2 Å². The lowest BCUT2D eigenvalue weighted by atomic mass is 9.95. The minimum absolute atomic E-state index is 0.00325. The number of benzene rings is 1. The highest BCUT2D eigenvalue weighted by Gasteiger charge is 2.39. The van der Waals surface area contributed by atoms with Crippen LogP contribution in [-0.4, -0.2) is 35.3 Å². The van der Waals surface area contributed by atoms with E-state index in [1.165, 1.54) is 11.3 Å². The van der Waals surface area contributed by atoms with Gasteiger partial charge in [-0.25, -0.2) is 0 Å². The third-order valence-corrected chi connectivity index (χ3v) is 6.89. The van der Waals surface area contributed by atoms with Crippen LogP contribution in [0.15, 0.2) is 30.3 Å². The molecule has 1 saturated heterocycles. The first kappa shape index (κ1) is 20.9. The number of carbonyl (C=O) groups is 2. The summed E-state index contributed by atoms with van der Waals surface area (Å²) in [5.74, 6) is 1.58. The number of hydrogen-bond donors (Lipinski definition) is 1. The maximum atomic E-state index is 13.6. The Morgan fingerprint density at radius 1 is 1.20 bits per heavy atom. The Balaban J connectivity index is 1.64. The highest BCUT2D eigenvalue weighted by atomic mass is 32.1. The summed E-state index contributed by atoms with van der Waals surface area (Å²) in [7, 11) is 0. The SMILES string of the molecule is CC(C)C[C@H]1CN(C(=O)c2cc3c(s2)-c2ccccc2OC3)[C@@H](CC(C)C)C(=O)N1. The fourth-order valence-electron chi connectivity index (χ4n) is 4.40. The average Bonchev–Trinajstić information content (AvgIpc) is 3.13. The molecule has 4 rings (SSSR count). The Morgan fingerprint density at radius 3 is 2.67 bits per heavy atom. The van der Waals surface area contributed by atoms with Gasteiger partial charge in [-0.3, -0.25) is 9.59 Å². The molecule has 2 amide bonds. The normalized spacial score (nSPS) is 20.6. The molecule has 3 heterocycles. The molecule has 0 aliphatic carbocycles. The van der Waals surface area contributed by atoms with Crippen molar-refractivity contribution in [3.63, 3.8) is 0 Å². The van der Waals surface area contributed by atoms with Crippen LogP contribution in [0.25, 0.3) is 10.4 Å². The summed E-state index contributed by atoms with van der Waals surface area (Å²) in [6.07, 6.45) is 1.54. The third kappa shape index (κ3) is 4.10. The van der Waals surface area contributed by atoms with Crippen molar-refractivity contribution in [1.29, 1.82) is 0 Å². The Morgan fingerprint density at radius 2 is 1.93 bits per heavy atom. The largest absolute Gasteiger partial charge is 0.488 e. The van der Waals surface area contributed by atoms with Gasteiger partial charge in [0.1, 0.15) is 18.4 Å². The van der Waals surface area contributed by atoms with Crippen LogP contribution < -0.4 is 10.1 Å². The number of rotatable bonds is 5. The number of nitrogens with zero attached hydrogens (tertiary/aromatic N) is 1. The van der Waals surface area contributed by atoms with Gasteiger partial charge in [-0.1, -0.05) is 39.8 Å². The first-order valence-corrected chi connectivity index (χ1v) is 11.6. The quantitative estimate of drug-likeness (QED) is 0.753. The molecule has 2 aliphatic rings. The molecule has 2 aliphatic heterocycles. The molecule has 0 bridgehead atoms. The van der Waals surface area contributed by atoms with Crippen LogP contribution in [0, 0.1) is 11.8 Å².